The summed E-state index contributed by atoms with van der Waals surface area (Å²) >= 11 is 3.57. The molecule has 0 amide bonds. The van der Waals surface area contributed by atoms with E-state index in [0.29, 0.717) is 12.0 Å². The number of rotatable bonds is 2. The minimum atomic E-state index is 0.478. The van der Waals surface area contributed by atoms with Gasteiger partial charge < -0.3 is 9.88 Å². The largest absolute Gasteiger partial charge is 0.320 e. The molecule has 0 aromatic carbocycles. The fourth-order valence-corrected chi connectivity index (χ4v) is 2.94. The molecular formula is C11H18BrN3. The van der Waals surface area contributed by atoms with Gasteiger partial charge in [-0.3, -0.25) is 0 Å². The van der Waals surface area contributed by atoms with E-state index >= 15 is 0 Å². The molecule has 15 heavy (non-hydrogen) atoms. The summed E-state index contributed by atoms with van der Waals surface area (Å²) in [4.78, 5) is 4.55. The van der Waals surface area contributed by atoms with Crippen molar-refractivity contribution in [2.45, 2.75) is 38.6 Å². The van der Waals surface area contributed by atoms with Crippen molar-refractivity contribution in [3.05, 3.63) is 16.6 Å². The van der Waals surface area contributed by atoms with E-state index in [1.54, 1.807) is 0 Å². The molecule has 1 saturated heterocycles. The summed E-state index contributed by atoms with van der Waals surface area (Å²) in [7, 11) is 0. The molecule has 0 saturated carbocycles. The zero-order valence-electron chi connectivity index (χ0n) is 9.33. The van der Waals surface area contributed by atoms with Crippen molar-refractivity contribution < 1.29 is 0 Å². The molecule has 2 rings (SSSR count). The van der Waals surface area contributed by atoms with E-state index in [2.05, 4.69) is 44.6 Å². The summed E-state index contributed by atoms with van der Waals surface area (Å²) in [5, 5.41) is 3.39. The van der Waals surface area contributed by atoms with E-state index in [0.717, 1.165) is 17.7 Å². The Kier molecular flexibility index (Phi) is 3.46. The quantitative estimate of drug-likeness (QED) is 0.897. The van der Waals surface area contributed by atoms with Crippen molar-refractivity contribution in [2.75, 3.05) is 13.1 Å². The third-order valence-corrected chi connectivity index (χ3v) is 3.59. The third kappa shape index (κ3) is 2.26. The van der Waals surface area contributed by atoms with Crippen LogP contribution in [0.2, 0.25) is 0 Å². The number of hydrogen-bond donors (Lipinski definition) is 1. The van der Waals surface area contributed by atoms with Gasteiger partial charge in [-0.2, -0.15) is 0 Å². The van der Waals surface area contributed by atoms with Crippen LogP contribution in [0.15, 0.2) is 10.8 Å². The van der Waals surface area contributed by atoms with E-state index < -0.39 is 0 Å². The second kappa shape index (κ2) is 4.66. The Morgan fingerprint density at radius 2 is 2.13 bits per heavy atom. The highest BCUT2D eigenvalue weighted by Crippen LogP contribution is 2.29. The number of imidazole rings is 1. The van der Waals surface area contributed by atoms with Crippen LogP contribution in [0.1, 0.15) is 44.5 Å². The Morgan fingerprint density at radius 1 is 1.47 bits per heavy atom. The fourth-order valence-electron chi connectivity index (χ4n) is 2.25. The van der Waals surface area contributed by atoms with E-state index in [9.17, 15) is 0 Å². The summed E-state index contributed by atoms with van der Waals surface area (Å²) in [5.74, 6) is 1.87. The van der Waals surface area contributed by atoms with E-state index in [4.69, 9.17) is 0 Å². The summed E-state index contributed by atoms with van der Waals surface area (Å²) in [6, 6.07) is 0.478. The van der Waals surface area contributed by atoms with Crippen LogP contribution < -0.4 is 5.32 Å². The summed E-state index contributed by atoms with van der Waals surface area (Å²) in [6.45, 7) is 6.65. The first-order valence-electron chi connectivity index (χ1n) is 5.63. The van der Waals surface area contributed by atoms with Crippen molar-refractivity contribution in [1.29, 1.82) is 0 Å². The highest BCUT2D eigenvalue weighted by atomic mass is 79.9. The molecule has 1 aromatic rings. The van der Waals surface area contributed by atoms with Gasteiger partial charge in [0.15, 0.2) is 0 Å². The number of halogens is 1. The van der Waals surface area contributed by atoms with E-state index in [1.807, 2.05) is 6.20 Å². The van der Waals surface area contributed by atoms with Crippen molar-refractivity contribution in [1.82, 2.24) is 14.9 Å². The van der Waals surface area contributed by atoms with Crippen molar-refractivity contribution in [2.24, 2.45) is 0 Å². The standard InChI is InChI=1S/C11H18BrN3/c1-8(2)15-10(12)7-14-11(15)9-3-5-13-6-4-9/h7-9,13H,3-6H2,1-2H3. The normalized spacial score (nSPS) is 18.7. The maximum Gasteiger partial charge on any atom is 0.112 e. The van der Waals surface area contributed by atoms with Gasteiger partial charge in [-0.15, -0.1) is 0 Å². The van der Waals surface area contributed by atoms with Crippen LogP contribution in [-0.2, 0) is 0 Å². The average molecular weight is 272 g/mol. The molecule has 0 radical (unpaired) electrons. The lowest BCUT2D eigenvalue weighted by molar-refractivity contribution is 0.418. The topological polar surface area (TPSA) is 29.9 Å². The molecule has 2 heterocycles. The van der Waals surface area contributed by atoms with Crippen LogP contribution in [0.4, 0.5) is 0 Å². The first kappa shape index (κ1) is 11.1. The van der Waals surface area contributed by atoms with Crippen molar-refractivity contribution in [3.63, 3.8) is 0 Å². The van der Waals surface area contributed by atoms with Gasteiger partial charge in [0, 0.05) is 12.0 Å². The molecule has 1 fully saturated rings. The zero-order valence-corrected chi connectivity index (χ0v) is 10.9. The van der Waals surface area contributed by atoms with Crippen molar-refractivity contribution in [3.8, 4) is 0 Å². The van der Waals surface area contributed by atoms with Crippen LogP contribution in [0.5, 0.6) is 0 Å². The lowest BCUT2D eigenvalue weighted by atomic mass is 9.97. The molecule has 0 unspecified atom stereocenters. The molecule has 1 aliphatic rings. The lowest BCUT2D eigenvalue weighted by Gasteiger charge is -2.24. The SMILES string of the molecule is CC(C)n1c(Br)cnc1C1CCNCC1. The highest BCUT2D eigenvalue weighted by molar-refractivity contribution is 9.10. The molecule has 1 aromatic heterocycles. The molecule has 84 valence electrons. The minimum Gasteiger partial charge on any atom is -0.320 e. The lowest BCUT2D eigenvalue weighted by Crippen LogP contribution is -2.28. The molecule has 4 heteroatoms. The van der Waals surface area contributed by atoms with Gasteiger partial charge >= 0.3 is 0 Å². The summed E-state index contributed by atoms with van der Waals surface area (Å²) in [6.07, 6.45) is 4.34. The van der Waals surface area contributed by atoms with Gasteiger partial charge in [0.05, 0.1) is 6.20 Å². The average Bonchev–Trinajstić information content (AvgIpc) is 2.61. The predicted octanol–water partition coefficient (Wildman–Crippen LogP) is 2.69. The second-order valence-corrected chi connectivity index (χ2v) is 5.24. The third-order valence-electron chi connectivity index (χ3n) is 3.00. The van der Waals surface area contributed by atoms with E-state index in [1.165, 1.54) is 18.7 Å². The van der Waals surface area contributed by atoms with Gasteiger partial charge in [0.2, 0.25) is 0 Å². The van der Waals surface area contributed by atoms with Crippen LogP contribution in [0.3, 0.4) is 0 Å². The van der Waals surface area contributed by atoms with Gasteiger partial charge in [-0.1, -0.05) is 0 Å². The van der Waals surface area contributed by atoms with Gasteiger partial charge in [-0.25, -0.2) is 4.98 Å². The maximum atomic E-state index is 4.55. The second-order valence-electron chi connectivity index (χ2n) is 4.43. The Labute approximate surface area is 99.4 Å². The molecular weight excluding hydrogens is 254 g/mol. The Morgan fingerprint density at radius 3 is 2.73 bits per heavy atom. The van der Waals surface area contributed by atoms with Crippen LogP contribution in [0.25, 0.3) is 0 Å². The highest BCUT2D eigenvalue weighted by Gasteiger charge is 2.22. The minimum absolute atomic E-state index is 0.478. The Bertz CT molecular complexity index is 327. The van der Waals surface area contributed by atoms with Crippen LogP contribution >= 0.6 is 15.9 Å². The first-order valence-corrected chi connectivity index (χ1v) is 6.42. The molecule has 0 spiro atoms. The Balaban J connectivity index is 2.26. The Hall–Kier alpha value is -0.350. The summed E-state index contributed by atoms with van der Waals surface area (Å²) < 4.78 is 3.40. The molecule has 3 nitrogen and oxygen atoms in total. The van der Waals surface area contributed by atoms with Crippen LogP contribution in [-0.4, -0.2) is 22.6 Å². The summed E-state index contributed by atoms with van der Waals surface area (Å²) in [5.41, 5.74) is 0. The number of nitrogens with one attached hydrogen (secondary N) is 1. The molecule has 0 bridgehead atoms. The monoisotopic (exact) mass is 271 g/mol. The van der Waals surface area contributed by atoms with Gasteiger partial charge in [-0.05, 0) is 55.7 Å². The predicted molar refractivity (Wildman–Crippen MR) is 65.2 cm³/mol. The first-order chi connectivity index (χ1) is 7.20. The zero-order chi connectivity index (χ0) is 10.8. The van der Waals surface area contributed by atoms with E-state index in [-0.39, 0.29) is 0 Å². The maximum absolute atomic E-state index is 4.55. The van der Waals surface area contributed by atoms with Crippen LogP contribution in [0, 0.1) is 0 Å². The number of nitrogens with zero attached hydrogens (tertiary/aromatic N) is 2. The number of piperidine rings is 1. The van der Waals surface area contributed by atoms with Crippen molar-refractivity contribution >= 4 is 15.9 Å². The molecule has 1 N–H and O–H groups in total. The van der Waals surface area contributed by atoms with Gasteiger partial charge in [0.25, 0.3) is 0 Å². The molecule has 1 aliphatic heterocycles. The number of aromatic nitrogens is 2. The smallest absolute Gasteiger partial charge is 0.112 e. The number of hydrogen-bond acceptors (Lipinski definition) is 2. The van der Waals surface area contributed by atoms with Gasteiger partial charge in [0.1, 0.15) is 10.4 Å². The molecule has 0 aliphatic carbocycles. The fraction of sp³-hybridized carbons (Fsp3) is 0.727. The molecule has 0 atom stereocenters.